The summed E-state index contributed by atoms with van der Waals surface area (Å²) in [6.45, 7) is 0. The van der Waals surface area contributed by atoms with Gasteiger partial charge in [0, 0.05) is 11.1 Å². The van der Waals surface area contributed by atoms with E-state index < -0.39 is 0 Å². The van der Waals surface area contributed by atoms with E-state index in [0.717, 1.165) is 36.0 Å². The number of fused-ring (bicyclic) bond motifs is 3. The fourth-order valence-corrected chi connectivity index (χ4v) is 3.65. The molecule has 1 nitrogen and oxygen atoms in total. The van der Waals surface area contributed by atoms with Gasteiger partial charge in [0.25, 0.3) is 0 Å². The summed E-state index contributed by atoms with van der Waals surface area (Å²) >= 11 is 0. The largest absolute Gasteiger partial charge is 0.289 e. The molecule has 0 bridgehead atoms. The molecule has 0 radical (unpaired) electrons. The lowest BCUT2D eigenvalue weighted by atomic mass is 9.73. The Balaban J connectivity index is 1.70. The highest BCUT2D eigenvalue weighted by atomic mass is 19.1. The summed E-state index contributed by atoms with van der Waals surface area (Å²) in [7, 11) is 0. The third-order valence-electron chi connectivity index (χ3n) is 4.84. The quantitative estimate of drug-likeness (QED) is 0.715. The van der Waals surface area contributed by atoms with Crippen LogP contribution in [0.3, 0.4) is 0 Å². The molecule has 0 spiro atoms. The Morgan fingerprint density at radius 2 is 1.87 bits per heavy atom. The van der Waals surface area contributed by atoms with Gasteiger partial charge in [-0.15, -0.1) is 0 Å². The average Bonchev–Trinajstić information content (AvgIpc) is 2.61. The van der Waals surface area contributed by atoms with Gasteiger partial charge in [0.05, 0.1) is 0 Å². The molecular formula is C21H17FO. The first kappa shape index (κ1) is 14.1. The number of rotatable bonds is 2. The number of ketones is 1. The molecule has 2 aromatic carbocycles. The number of hydrogen-bond donors (Lipinski definition) is 0. The van der Waals surface area contributed by atoms with E-state index in [2.05, 4.69) is 0 Å². The van der Waals surface area contributed by atoms with Crippen molar-refractivity contribution in [3.8, 4) is 0 Å². The van der Waals surface area contributed by atoms with Gasteiger partial charge in [0.1, 0.15) is 5.82 Å². The summed E-state index contributed by atoms with van der Waals surface area (Å²) in [6, 6.07) is 14.4. The Kier molecular flexibility index (Phi) is 3.45. The highest BCUT2D eigenvalue weighted by Crippen LogP contribution is 2.41. The topological polar surface area (TPSA) is 17.1 Å². The zero-order valence-corrected chi connectivity index (χ0v) is 12.8. The second-order valence-corrected chi connectivity index (χ2v) is 6.25. The zero-order valence-electron chi connectivity index (χ0n) is 12.8. The number of hydrogen-bond acceptors (Lipinski definition) is 1. The van der Waals surface area contributed by atoms with E-state index in [-0.39, 0.29) is 11.6 Å². The summed E-state index contributed by atoms with van der Waals surface area (Å²) in [5.41, 5.74) is 4.99. The van der Waals surface area contributed by atoms with E-state index in [4.69, 9.17) is 0 Å². The summed E-state index contributed by atoms with van der Waals surface area (Å²) in [6.07, 6.45) is 6.65. The number of allylic oxidation sites excluding steroid dienone is 4. The maximum Gasteiger partial charge on any atom is 0.189 e. The molecule has 2 aromatic rings. The van der Waals surface area contributed by atoms with Gasteiger partial charge in [-0.25, -0.2) is 4.39 Å². The van der Waals surface area contributed by atoms with Crippen LogP contribution in [0.15, 0.2) is 66.3 Å². The van der Waals surface area contributed by atoms with Crippen LogP contribution in [-0.4, -0.2) is 5.78 Å². The van der Waals surface area contributed by atoms with Crippen LogP contribution >= 0.6 is 0 Å². The van der Waals surface area contributed by atoms with Crippen LogP contribution in [0.4, 0.5) is 4.39 Å². The number of aryl methyl sites for hydroxylation is 1. The van der Waals surface area contributed by atoms with Crippen molar-refractivity contribution in [2.24, 2.45) is 5.92 Å². The van der Waals surface area contributed by atoms with Crippen molar-refractivity contribution >= 4 is 11.4 Å². The smallest absolute Gasteiger partial charge is 0.189 e. The second kappa shape index (κ2) is 5.62. The van der Waals surface area contributed by atoms with Crippen LogP contribution < -0.4 is 0 Å². The van der Waals surface area contributed by atoms with E-state index in [1.807, 2.05) is 48.6 Å². The SMILES string of the molecule is O=C(C1=CC=C2c3cc(F)ccc3CC[C@H]2C1)c1ccccc1. The third-order valence-corrected chi connectivity index (χ3v) is 4.84. The normalized spacial score (nSPS) is 19.3. The molecule has 2 aliphatic carbocycles. The van der Waals surface area contributed by atoms with Gasteiger partial charge in [-0.3, -0.25) is 4.79 Å². The van der Waals surface area contributed by atoms with Crippen LogP contribution in [-0.2, 0) is 6.42 Å². The number of halogens is 1. The summed E-state index contributed by atoms with van der Waals surface area (Å²) in [5, 5.41) is 0. The van der Waals surface area contributed by atoms with Gasteiger partial charge in [0.2, 0.25) is 0 Å². The van der Waals surface area contributed by atoms with Crippen molar-refractivity contribution in [2.45, 2.75) is 19.3 Å². The summed E-state index contributed by atoms with van der Waals surface area (Å²) in [4.78, 5) is 12.6. The Morgan fingerprint density at radius 1 is 1.04 bits per heavy atom. The van der Waals surface area contributed by atoms with Gasteiger partial charge >= 0.3 is 0 Å². The third kappa shape index (κ3) is 2.55. The van der Waals surface area contributed by atoms with Gasteiger partial charge in [-0.2, -0.15) is 0 Å². The molecule has 0 saturated heterocycles. The van der Waals surface area contributed by atoms with Crippen LogP contribution in [0.2, 0.25) is 0 Å². The molecule has 1 atom stereocenters. The van der Waals surface area contributed by atoms with Gasteiger partial charge < -0.3 is 0 Å². The number of benzene rings is 2. The molecular weight excluding hydrogens is 287 g/mol. The summed E-state index contributed by atoms with van der Waals surface area (Å²) in [5.74, 6) is 0.225. The fraction of sp³-hybridized carbons (Fsp3) is 0.190. The Morgan fingerprint density at radius 3 is 2.70 bits per heavy atom. The molecule has 0 amide bonds. The number of carbonyl (C=O) groups is 1. The maximum atomic E-state index is 13.6. The van der Waals surface area contributed by atoms with Gasteiger partial charge in [-0.1, -0.05) is 48.6 Å². The van der Waals surface area contributed by atoms with E-state index in [1.165, 1.54) is 17.2 Å². The van der Waals surface area contributed by atoms with Crippen molar-refractivity contribution in [2.75, 3.05) is 0 Å². The monoisotopic (exact) mass is 304 g/mol. The highest BCUT2D eigenvalue weighted by molar-refractivity contribution is 6.09. The van der Waals surface area contributed by atoms with Crippen molar-refractivity contribution in [3.05, 3.63) is 88.8 Å². The molecule has 0 saturated carbocycles. The molecule has 2 aliphatic rings. The lowest BCUT2D eigenvalue weighted by molar-refractivity contribution is 0.102. The van der Waals surface area contributed by atoms with Gasteiger partial charge in [-0.05, 0) is 54.0 Å². The van der Waals surface area contributed by atoms with Crippen molar-refractivity contribution in [3.63, 3.8) is 0 Å². The highest BCUT2D eigenvalue weighted by Gasteiger charge is 2.28. The zero-order chi connectivity index (χ0) is 15.8. The van der Waals surface area contributed by atoms with E-state index in [1.54, 1.807) is 6.07 Å². The van der Waals surface area contributed by atoms with Crippen molar-refractivity contribution < 1.29 is 9.18 Å². The molecule has 0 aromatic heterocycles. The first-order valence-corrected chi connectivity index (χ1v) is 8.01. The average molecular weight is 304 g/mol. The fourth-order valence-electron chi connectivity index (χ4n) is 3.65. The molecule has 0 aliphatic heterocycles. The van der Waals surface area contributed by atoms with E-state index in [0.29, 0.717) is 5.92 Å². The predicted molar refractivity (Wildman–Crippen MR) is 89.7 cm³/mol. The second-order valence-electron chi connectivity index (χ2n) is 6.25. The molecule has 0 heterocycles. The summed E-state index contributed by atoms with van der Waals surface area (Å²) < 4.78 is 13.6. The lowest BCUT2D eigenvalue weighted by Crippen LogP contribution is -2.19. The molecule has 0 fully saturated rings. The van der Waals surface area contributed by atoms with Crippen molar-refractivity contribution in [1.82, 2.24) is 0 Å². The van der Waals surface area contributed by atoms with Crippen LogP contribution in [0.5, 0.6) is 0 Å². The molecule has 0 N–H and O–H groups in total. The van der Waals surface area contributed by atoms with Crippen LogP contribution in [0.1, 0.15) is 34.3 Å². The first-order chi connectivity index (χ1) is 11.2. The Hall–Kier alpha value is -2.48. The molecule has 23 heavy (non-hydrogen) atoms. The molecule has 114 valence electrons. The molecule has 0 unspecified atom stereocenters. The minimum Gasteiger partial charge on any atom is -0.289 e. The lowest BCUT2D eigenvalue weighted by Gasteiger charge is -2.30. The van der Waals surface area contributed by atoms with E-state index in [9.17, 15) is 9.18 Å². The number of Topliss-reactive ketones (excluding diaryl/α,β-unsaturated/α-hetero) is 1. The molecule has 4 rings (SSSR count). The van der Waals surface area contributed by atoms with Crippen molar-refractivity contribution in [1.29, 1.82) is 0 Å². The standard InChI is InChI=1S/C21H17FO/c22-18-10-8-14-6-7-16-12-17(9-11-19(16)20(14)13-18)21(23)15-4-2-1-3-5-15/h1-5,8-11,13,16H,6-7,12H2/t16-/m0/s1. The van der Waals surface area contributed by atoms with Crippen LogP contribution in [0, 0.1) is 11.7 Å². The minimum absolute atomic E-state index is 0.103. The Labute approximate surface area is 135 Å². The van der Waals surface area contributed by atoms with Gasteiger partial charge in [0.15, 0.2) is 5.78 Å². The first-order valence-electron chi connectivity index (χ1n) is 8.01. The number of carbonyl (C=O) groups excluding carboxylic acids is 1. The van der Waals surface area contributed by atoms with Crippen LogP contribution in [0.25, 0.3) is 5.57 Å². The minimum atomic E-state index is -0.194. The Bertz CT molecular complexity index is 830. The maximum absolute atomic E-state index is 13.6. The predicted octanol–water partition coefficient (Wildman–Crippen LogP) is 4.98. The van der Waals surface area contributed by atoms with E-state index >= 15 is 0 Å². The molecule has 2 heteroatoms.